The number of nitrogens with zero attached hydrogens (tertiary/aromatic N) is 5. The van der Waals surface area contributed by atoms with Crippen LogP contribution in [0.3, 0.4) is 0 Å². The Kier molecular flexibility index (Phi) is 3.33. The molecule has 0 aromatic carbocycles. The van der Waals surface area contributed by atoms with Gasteiger partial charge in [-0.15, -0.1) is 0 Å². The van der Waals surface area contributed by atoms with E-state index >= 15 is 0 Å². The molecular formula is C18H19N5O. The normalized spacial score (nSPS) is 14.1. The van der Waals surface area contributed by atoms with Crippen LogP contribution in [0, 0.1) is 6.92 Å². The van der Waals surface area contributed by atoms with Crippen LogP contribution in [-0.2, 0) is 0 Å². The number of aryl methyl sites for hydroxylation is 1. The first kappa shape index (κ1) is 14.8. The summed E-state index contributed by atoms with van der Waals surface area (Å²) in [7, 11) is 3.54. The molecule has 0 atom stereocenters. The largest absolute Gasteiger partial charge is 0.345 e. The number of aromatic nitrogens is 4. The van der Waals surface area contributed by atoms with Crippen molar-refractivity contribution in [3.05, 3.63) is 47.4 Å². The minimum atomic E-state index is -0.0204. The zero-order chi connectivity index (χ0) is 16.8. The van der Waals surface area contributed by atoms with Crippen LogP contribution >= 0.6 is 0 Å². The summed E-state index contributed by atoms with van der Waals surface area (Å²) >= 11 is 0. The molecule has 3 heterocycles. The standard InChI is InChI=1S/C18H19N5O/c1-11-16-13(18(24)22(2)3)10-14(12-7-8-12)20-17(16)23(21-11)15-6-4-5-9-19-15/h4-6,9-10,12H,7-8H2,1-3H3. The Labute approximate surface area is 140 Å². The first-order chi connectivity index (χ1) is 11.6. The van der Waals surface area contributed by atoms with Crippen molar-refractivity contribution in [1.29, 1.82) is 0 Å². The number of pyridine rings is 2. The molecule has 1 aliphatic rings. The van der Waals surface area contributed by atoms with Gasteiger partial charge >= 0.3 is 0 Å². The number of hydrogen-bond donors (Lipinski definition) is 0. The van der Waals surface area contributed by atoms with E-state index in [-0.39, 0.29) is 5.91 Å². The van der Waals surface area contributed by atoms with Gasteiger partial charge in [-0.25, -0.2) is 9.97 Å². The second-order valence-corrected chi connectivity index (χ2v) is 6.45. The monoisotopic (exact) mass is 321 g/mol. The maximum Gasteiger partial charge on any atom is 0.254 e. The molecule has 0 N–H and O–H groups in total. The topological polar surface area (TPSA) is 63.9 Å². The SMILES string of the molecule is Cc1nn(-c2ccccn2)c2nc(C3CC3)cc(C(=O)N(C)C)c12. The molecule has 0 unspecified atom stereocenters. The highest BCUT2D eigenvalue weighted by molar-refractivity contribution is 6.06. The lowest BCUT2D eigenvalue weighted by atomic mass is 10.1. The molecule has 122 valence electrons. The van der Waals surface area contributed by atoms with Crippen LogP contribution < -0.4 is 0 Å². The van der Waals surface area contributed by atoms with Crippen molar-refractivity contribution in [1.82, 2.24) is 24.6 Å². The first-order valence-corrected chi connectivity index (χ1v) is 8.09. The van der Waals surface area contributed by atoms with Gasteiger partial charge in [-0.05, 0) is 38.0 Å². The average Bonchev–Trinajstić information content (AvgIpc) is 3.38. The maximum atomic E-state index is 12.7. The summed E-state index contributed by atoms with van der Waals surface area (Å²) in [6.07, 6.45) is 3.99. The van der Waals surface area contributed by atoms with Crippen molar-refractivity contribution >= 4 is 16.9 Å². The smallest absolute Gasteiger partial charge is 0.254 e. The highest BCUT2D eigenvalue weighted by atomic mass is 16.2. The van der Waals surface area contributed by atoms with Crippen molar-refractivity contribution in [3.63, 3.8) is 0 Å². The van der Waals surface area contributed by atoms with E-state index in [9.17, 15) is 4.79 Å². The van der Waals surface area contributed by atoms with Crippen LogP contribution in [0.4, 0.5) is 0 Å². The van der Waals surface area contributed by atoms with Gasteiger partial charge in [0, 0.05) is 31.9 Å². The molecule has 0 spiro atoms. The predicted molar refractivity (Wildman–Crippen MR) is 91.4 cm³/mol. The number of carbonyl (C=O) groups excluding carboxylic acids is 1. The molecule has 0 radical (unpaired) electrons. The third kappa shape index (κ3) is 2.35. The third-order valence-corrected chi connectivity index (χ3v) is 4.33. The van der Waals surface area contributed by atoms with E-state index < -0.39 is 0 Å². The number of rotatable bonds is 3. The van der Waals surface area contributed by atoms with Crippen LogP contribution in [0.5, 0.6) is 0 Å². The first-order valence-electron chi connectivity index (χ1n) is 8.09. The number of amides is 1. The Bertz CT molecular complexity index is 925. The minimum absolute atomic E-state index is 0.0204. The molecule has 1 amide bonds. The summed E-state index contributed by atoms with van der Waals surface area (Å²) in [5.41, 5.74) is 3.15. The molecule has 0 bridgehead atoms. The van der Waals surface area contributed by atoms with E-state index in [1.165, 1.54) is 0 Å². The molecule has 3 aromatic rings. The molecule has 1 aliphatic carbocycles. The van der Waals surface area contributed by atoms with E-state index in [1.54, 1.807) is 29.9 Å². The second kappa shape index (κ2) is 5.40. The van der Waals surface area contributed by atoms with E-state index in [0.717, 1.165) is 29.6 Å². The summed E-state index contributed by atoms with van der Waals surface area (Å²) in [4.78, 5) is 23.5. The molecule has 6 heteroatoms. The fraction of sp³-hybridized carbons (Fsp3) is 0.333. The number of carbonyl (C=O) groups is 1. The summed E-state index contributed by atoms with van der Waals surface area (Å²) in [5.74, 6) is 1.14. The van der Waals surface area contributed by atoms with Gasteiger partial charge < -0.3 is 4.90 Å². The van der Waals surface area contributed by atoms with Gasteiger partial charge in [-0.1, -0.05) is 6.07 Å². The van der Waals surface area contributed by atoms with Crippen molar-refractivity contribution in [2.75, 3.05) is 14.1 Å². The summed E-state index contributed by atoms with van der Waals surface area (Å²) in [6, 6.07) is 7.62. The van der Waals surface area contributed by atoms with Gasteiger partial charge in [0.25, 0.3) is 5.91 Å². The maximum absolute atomic E-state index is 12.7. The molecule has 24 heavy (non-hydrogen) atoms. The fourth-order valence-electron chi connectivity index (χ4n) is 2.94. The van der Waals surface area contributed by atoms with Gasteiger partial charge in [0.15, 0.2) is 11.5 Å². The minimum Gasteiger partial charge on any atom is -0.345 e. The third-order valence-electron chi connectivity index (χ3n) is 4.33. The Hall–Kier alpha value is -2.76. The van der Waals surface area contributed by atoms with Gasteiger partial charge in [0.05, 0.1) is 16.6 Å². The van der Waals surface area contributed by atoms with Crippen molar-refractivity contribution in [3.8, 4) is 5.82 Å². The highest BCUT2D eigenvalue weighted by Crippen LogP contribution is 2.40. The molecule has 1 fully saturated rings. The van der Waals surface area contributed by atoms with Crippen molar-refractivity contribution in [2.24, 2.45) is 0 Å². The van der Waals surface area contributed by atoms with Crippen molar-refractivity contribution in [2.45, 2.75) is 25.7 Å². The van der Waals surface area contributed by atoms with E-state index in [1.807, 2.05) is 31.2 Å². The van der Waals surface area contributed by atoms with Crippen LogP contribution in [0.2, 0.25) is 0 Å². The van der Waals surface area contributed by atoms with Crippen LogP contribution in [0.1, 0.15) is 40.5 Å². The lowest BCUT2D eigenvalue weighted by Crippen LogP contribution is -2.22. The average molecular weight is 321 g/mol. The lowest BCUT2D eigenvalue weighted by Gasteiger charge is -2.13. The predicted octanol–water partition coefficient (Wildman–Crippen LogP) is 2.70. The van der Waals surface area contributed by atoms with Gasteiger partial charge in [0.1, 0.15) is 0 Å². The summed E-state index contributed by atoms with van der Waals surface area (Å²) in [6.45, 7) is 1.91. The van der Waals surface area contributed by atoms with Crippen LogP contribution in [-0.4, -0.2) is 44.7 Å². The molecular weight excluding hydrogens is 302 g/mol. The van der Waals surface area contributed by atoms with Crippen molar-refractivity contribution < 1.29 is 4.79 Å². The molecule has 0 aliphatic heterocycles. The Morgan fingerprint density at radius 1 is 1.29 bits per heavy atom. The highest BCUT2D eigenvalue weighted by Gasteiger charge is 2.29. The van der Waals surface area contributed by atoms with Gasteiger partial charge in [-0.2, -0.15) is 9.78 Å². The zero-order valence-corrected chi connectivity index (χ0v) is 14.0. The molecule has 1 saturated carbocycles. The van der Waals surface area contributed by atoms with Gasteiger partial charge in [-0.3, -0.25) is 4.79 Å². The molecule has 0 saturated heterocycles. The summed E-state index contributed by atoms with van der Waals surface area (Å²) in [5, 5.41) is 5.41. The molecule has 3 aromatic heterocycles. The Morgan fingerprint density at radius 3 is 2.71 bits per heavy atom. The van der Waals surface area contributed by atoms with E-state index in [4.69, 9.17) is 4.98 Å². The summed E-state index contributed by atoms with van der Waals surface area (Å²) < 4.78 is 1.74. The fourth-order valence-corrected chi connectivity index (χ4v) is 2.94. The number of fused-ring (bicyclic) bond motifs is 1. The Morgan fingerprint density at radius 2 is 2.08 bits per heavy atom. The van der Waals surface area contributed by atoms with E-state index in [2.05, 4.69) is 10.1 Å². The Balaban J connectivity index is 2.02. The lowest BCUT2D eigenvalue weighted by molar-refractivity contribution is 0.0829. The van der Waals surface area contributed by atoms with E-state index in [0.29, 0.717) is 22.9 Å². The quantitative estimate of drug-likeness (QED) is 0.744. The zero-order valence-electron chi connectivity index (χ0n) is 14.0. The number of hydrogen-bond acceptors (Lipinski definition) is 4. The van der Waals surface area contributed by atoms with Gasteiger partial charge in [0.2, 0.25) is 0 Å². The van der Waals surface area contributed by atoms with Crippen LogP contribution in [0.25, 0.3) is 16.9 Å². The van der Waals surface area contributed by atoms with Crippen LogP contribution in [0.15, 0.2) is 30.5 Å². The molecule has 4 rings (SSSR count). The molecule has 6 nitrogen and oxygen atoms in total. The second-order valence-electron chi connectivity index (χ2n) is 6.45.